The van der Waals surface area contributed by atoms with Gasteiger partial charge in [-0.3, -0.25) is 0 Å². The fourth-order valence-corrected chi connectivity index (χ4v) is 0.863. The van der Waals surface area contributed by atoms with Gasteiger partial charge in [-0.15, -0.1) is 0 Å². The van der Waals surface area contributed by atoms with Crippen LogP contribution < -0.4 is 0 Å². The van der Waals surface area contributed by atoms with E-state index in [0.29, 0.717) is 12.3 Å². The van der Waals surface area contributed by atoms with Gasteiger partial charge in [-0.1, -0.05) is 0 Å². The van der Waals surface area contributed by atoms with Gasteiger partial charge in [-0.2, -0.15) is 0 Å². The van der Waals surface area contributed by atoms with Crippen molar-refractivity contribution in [1.29, 1.82) is 0 Å². The van der Waals surface area contributed by atoms with Crippen molar-refractivity contribution in [2.75, 3.05) is 6.61 Å². The number of nitrogens with one attached hydrogen (secondary N) is 1. The van der Waals surface area contributed by atoms with E-state index in [0.717, 1.165) is 6.08 Å². The zero-order valence-electron chi connectivity index (χ0n) is 7.28. The molecule has 1 aromatic heterocycles. The van der Waals surface area contributed by atoms with Crippen molar-refractivity contribution >= 4 is 11.7 Å². The third-order valence-electron chi connectivity index (χ3n) is 1.42. The van der Waals surface area contributed by atoms with Gasteiger partial charge >= 0.3 is 5.97 Å². The molecule has 0 amide bonds. The standard InChI is InChI=1S/C9H11NO3/c1-2-13-9(12)6-8(11)7-4-3-5-10-7/h3-6,10-11H,2H2,1H3. The van der Waals surface area contributed by atoms with Crippen LogP contribution in [0.4, 0.5) is 0 Å². The topological polar surface area (TPSA) is 62.3 Å². The molecular weight excluding hydrogens is 170 g/mol. The van der Waals surface area contributed by atoms with E-state index in [1.165, 1.54) is 0 Å². The summed E-state index contributed by atoms with van der Waals surface area (Å²) < 4.78 is 4.62. The van der Waals surface area contributed by atoms with Crippen LogP contribution in [0.5, 0.6) is 0 Å². The van der Waals surface area contributed by atoms with Gasteiger partial charge in [0.2, 0.25) is 0 Å². The Hall–Kier alpha value is -1.71. The summed E-state index contributed by atoms with van der Waals surface area (Å²) >= 11 is 0. The minimum atomic E-state index is -0.547. The monoisotopic (exact) mass is 181 g/mol. The summed E-state index contributed by atoms with van der Waals surface area (Å²) in [7, 11) is 0. The number of aromatic nitrogens is 1. The van der Waals surface area contributed by atoms with Crippen LogP contribution in [0.1, 0.15) is 12.6 Å². The molecule has 0 saturated heterocycles. The summed E-state index contributed by atoms with van der Waals surface area (Å²) in [5.41, 5.74) is 0.494. The molecule has 0 aliphatic heterocycles. The lowest BCUT2D eigenvalue weighted by Crippen LogP contribution is -2.00. The van der Waals surface area contributed by atoms with Crippen molar-refractivity contribution in [2.24, 2.45) is 0 Å². The molecule has 1 heterocycles. The van der Waals surface area contributed by atoms with E-state index in [1.54, 1.807) is 25.3 Å². The Labute approximate surface area is 75.8 Å². The van der Waals surface area contributed by atoms with Gasteiger partial charge in [-0.05, 0) is 19.1 Å². The molecule has 2 N–H and O–H groups in total. The maximum Gasteiger partial charge on any atom is 0.334 e. The van der Waals surface area contributed by atoms with Crippen LogP contribution in [0, 0.1) is 0 Å². The molecule has 0 bridgehead atoms. The van der Waals surface area contributed by atoms with Crippen molar-refractivity contribution in [3.05, 3.63) is 30.1 Å². The van der Waals surface area contributed by atoms with Crippen LogP contribution in [0.25, 0.3) is 5.76 Å². The van der Waals surface area contributed by atoms with Crippen LogP contribution in [0.2, 0.25) is 0 Å². The highest BCUT2D eigenvalue weighted by Crippen LogP contribution is 2.07. The summed E-state index contributed by atoms with van der Waals surface area (Å²) in [5.74, 6) is -0.668. The first-order chi connectivity index (χ1) is 6.24. The highest BCUT2D eigenvalue weighted by Gasteiger charge is 2.03. The molecule has 0 aliphatic rings. The average molecular weight is 181 g/mol. The van der Waals surface area contributed by atoms with E-state index in [2.05, 4.69) is 9.72 Å². The Morgan fingerprint density at radius 1 is 1.77 bits per heavy atom. The highest BCUT2D eigenvalue weighted by molar-refractivity contribution is 5.88. The smallest absolute Gasteiger partial charge is 0.334 e. The molecule has 70 valence electrons. The Morgan fingerprint density at radius 3 is 3.08 bits per heavy atom. The molecule has 0 spiro atoms. The third kappa shape index (κ3) is 2.66. The molecule has 0 aromatic carbocycles. The highest BCUT2D eigenvalue weighted by atomic mass is 16.5. The second kappa shape index (κ2) is 4.35. The number of carbonyl (C=O) groups is 1. The fraction of sp³-hybridized carbons (Fsp3) is 0.222. The number of aliphatic hydroxyl groups is 1. The molecule has 1 aromatic rings. The normalized spacial score (nSPS) is 11.3. The van der Waals surface area contributed by atoms with Crippen molar-refractivity contribution in [1.82, 2.24) is 4.98 Å². The SMILES string of the molecule is CCOC(=O)C=C(O)c1ccc[nH]1. The van der Waals surface area contributed by atoms with Crippen LogP contribution in [-0.4, -0.2) is 22.7 Å². The number of ether oxygens (including phenoxy) is 1. The van der Waals surface area contributed by atoms with Crippen molar-refractivity contribution in [3.8, 4) is 0 Å². The number of H-pyrrole nitrogens is 1. The van der Waals surface area contributed by atoms with Crippen LogP contribution in [-0.2, 0) is 9.53 Å². The summed E-state index contributed by atoms with van der Waals surface area (Å²) in [5, 5.41) is 9.34. The first-order valence-corrected chi connectivity index (χ1v) is 3.95. The Balaban J connectivity index is 2.67. The van der Waals surface area contributed by atoms with Crippen LogP contribution in [0.3, 0.4) is 0 Å². The van der Waals surface area contributed by atoms with Gasteiger partial charge in [0.1, 0.15) is 5.76 Å². The lowest BCUT2D eigenvalue weighted by atomic mass is 10.3. The van der Waals surface area contributed by atoms with E-state index in [1.807, 2.05) is 0 Å². The summed E-state index contributed by atoms with van der Waals surface area (Å²) in [4.78, 5) is 13.6. The van der Waals surface area contributed by atoms with Gasteiger partial charge in [0.05, 0.1) is 18.4 Å². The van der Waals surface area contributed by atoms with Gasteiger partial charge < -0.3 is 14.8 Å². The van der Waals surface area contributed by atoms with E-state index in [9.17, 15) is 9.90 Å². The van der Waals surface area contributed by atoms with Gasteiger partial charge in [0.15, 0.2) is 0 Å². The molecule has 0 aliphatic carbocycles. The zero-order chi connectivity index (χ0) is 9.68. The second-order valence-corrected chi connectivity index (χ2v) is 2.37. The summed E-state index contributed by atoms with van der Waals surface area (Å²) in [6.07, 6.45) is 2.69. The Bertz CT molecular complexity index is 301. The number of rotatable bonds is 3. The second-order valence-electron chi connectivity index (χ2n) is 2.37. The van der Waals surface area contributed by atoms with Gasteiger partial charge in [0, 0.05) is 6.20 Å². The minimum absolute atomic E-state index is 0.122. The zero-order valence-corrected chi connectivity index (χ0v) is 7.28. The minimum Gasteiger partial charge on any atom is -0.505 e. The molecule has 0 radical (unpaired) electrons. The lowest BCUT2D eigenvalue weighted by Gasteiger charge is -1.97. The first kappa shape index (κ1) is 9.38. The number of hydrogen-bond donors (Lipinski definition) is 2. The lowest BCUT2D eigenvalue weighted by molar-refractivity contribution is -0.137. The summed E-state index contributed by atoms with van der Waals surface area (Å²) in [6, 6.07) is 3.38. The number of esters is 1. The van der Waals surface area contributed by atoms with Crippen LogP contribution in [0.15, 0.2) is 24.4 Å². The number of carbonyl (C=O) groups excluding carboxylic acids is 1. The van der Waals surface area contributed by atoms with E-state index in [4.69, 9.17) is 0 Å². The van der Waals surface area contributed by atoms with Crippen molar-refractivity contribution < 1.29 is 14.6 Å². The molecule has 13 heavy (non-hydrogen) atoms. The largest absolute Gasteiger partial charge is 0.505 e. The number of hydrogen-bond acceptors (Lipinski definition) is 3. The molecule has 0 saturated carbocycles. The predicted octanol–water partition coefficient (Wildman–Crippen LogP) is 1.48. The molecule has 1 rings (SSSR count). The molecule has 0 fully saturated rings. The van der Waals surface area contributed by atoms with E-state index < -0.39 is 5.97 Å². The Kier molecular flexibility index (Phi) is 3.14. The number of aromatic amines is 1. The maximum atomic E-state index is 10.9. The predicted molar refractivity (Wildman–Crippen MR) is 48.0 cm³/mol. The fourth-order valence-electron chi connectivity index (χ4n) is 0.863. The first-order valence-electron chi connectivity index (χ1n) is 3.95. The van der Waals surface area contributed by atoms with E-state index >= 15 is 0 Å². The average Bonchev–Trinajstić information content (AvgIpc) is 2.55. The molecular formula is C9H11NO3. The summed E-state index contributed by atoms with van der Waals surface area (Å²) in [6.45, 7) is 2.00. The van der Waals surface area contributed by atoms with Crippen LogP contribution >= 0.6 is 0 Å². The quantitative estimate of drug-likeness (QED) is 0.421. The third-order valence-corrected chi connectivity index (χ3v) is 1.42. The molecule has 0 atom stereocenters. The van der Waals surface area contributed by atoms with Gasteiger partial charge in [-0.25, -0.2) is 4.79 Å². The molecule has 4 nitrogen and oxygen atoms in total. The maximum absolute atomic E-state index is 10.9. The van der Waals surface area contributed by atoms with Crippen molar-refractivity contribution in [2.45, 2.75) is 6.92 Å². The Morgan fingerprint density at radius 2 is 2.54 bits per heavy atom. The van der Waals surface area contributed by atoms with E-state index in [-0.39, 0.29) is 5.76 Å². The van der Waals surface area contributed by atoms with Crippen molar-refractivity contribution in [3.63, 3.8) is 0 Å². The molecule has 0 unspecified atom stereocenters. The number of aliphatic hydroxyl groups excluding tert-OH is 1. The molecule has 4 heteroatoms. The van der Waals surface area contributed by atoms with Gasteiger partial charge in [0.25, 0.3) is 0 Å².